The van der Waals surface area contributed by atoms with Gasteiger partial charge in [0.2, 0.25) is 5.91 Å². The zero-order chi connectivity index (χ0) is 20.2. The Bertz CT molecular complexity index is 1040. The van der Waals surface area contributed by atoms with Crippen molar-refractivity contribution in [3.05, 3.63) is 70.2 Å². The molecule has 0 unspecified atom stereocenters. The third-order valence-corrected chi connectivity index (χ3v) is 5.55. The highest BCUT2D eigenvalue weighted by molar-refractivity contribution is 7.15. The predicted molar refractivity (Wildman–Crippen MR) is 114 cm³/mol. The molecule has 1 aliphatic rings. The van der Waals surface area contributed by atoms with Gasteiger partial charge in [0.25, 0.3) is 5.91 Å². The molecule has 0 radical (unpaired) electrons. The van der Waals surface area contributed by atoms with E-state index < -0.39 is 0 Å². The van der Waals surface area contributed by atoms with E-state index in [1.807, 2.05) is 6.07 Å². The number of nitrogens with one attached hydrogen (secondary N) is 2. The number of anilines is 2. The number of hydrogen-bond acceptors (Lipinski definition) is 5. The molecule has 0 spiro atoms. The van der Waals surface area contributed by atoms with Crippen LogP contribution >= 0.6 is 11.3 Å². The van der Waals surface area contributed by atoms with E-state index in [2.05, 4.69) is 46.8 Å². The van der Waals surface area contributed by atoms with Gasteiger partial charge in [0, 0.05) is 29.6 Å². The molecule has 3 aromatic rings. The molecule has 6 nitrogen and oxygen atoms in total. The summed E-state index contributed by atoms with van der Waals surface area (Å²) in [5.74, 6) is 0.372. The second kappa shape index (κ2) is 8.45. The van der Waals surface area contributed by atoms with Crippen molar-refractivity contribution in [2.24, 2.45) is 0 Å². The predicted octanol–water partition coefficient (Wildman–Crippen LogP) is 3.94. The number of rotatable bonds is 6. The van der Waals surface area contributed by atoms with Crippen LogP contribution in [-0.2, 0) is 22.4 Å². The van der Waals surface area contributed by atoms with E-state index in [9.17, 15) is 9.59 Å². The summed E-state index contributed by atoms with van der Waals surface area (Å²) in [6.45, 7) is 1.96. The SMILES string of the molecule is Cc1ccc(Cc2cnc(NC(=O)COc3ccc4c(c3)CCC(=O)N4)s2)cc1. The molecule has 2 N–H and O–H groups in total. The van der Waals surface area contributed by atoms with Crippen LogP contribution in [0, 0.1) is 6.92 Å². The van der Waals surface area contributed by atoms with Crippen molar-refractivity contribution in [3.63, 3.8) is 0 Å². The molecule has 4 rings (SSSR count). The monoisotopic (exact) mass is 407 g/mol. The molecule has 2 heterocycles. The van der Waals surface area contributed by atoms with Gasteiger partial charge in [-0.1, -0.05) is 29.8 Å². The van der Waals surface area contributed by atoms with E-state index >= 15 is 0 Å². The van der Waals surface area contributed by atoms with Gasteiger partial charge in [-0.05, 0) is 42.7 Å². The smallest absolute Gasteiger partial charge is 0.264 e. The minimum atomic E-state index is -0.257. The molecule has 0 atom stereocenters. The van der Waals surface area contributed by atoms with E-state index in [1.54, 1.807) is 18.3 Å². The fraction of sp³-hybridized carbons (Fsp3) is 0.227. The Morgan fingerprint density at radius 1 is 1.21 bits per heavy atom. The lowest BCUT2D eigenvalue weighted by Gasteiger charge is -2.17. The standard InChI is InChI=1S/C22H21N3O3S/c1-14-2-4-15(5-3-14)10-18-12-23-22(29-18)25-21(27)13-28-17-7-8-19-16(11-17)6-9-20(26)24-19/h2-5,7-8,11-12H,6,9-10,13H2,1H3,(H,24,26)(H,23,25,27). The summed E-state index contributed by atoms with van der Waals surface area (Å²) in [7, 11) is 0. The van der Waals surface area contributed by atoms with E-state index in [0.717, 1.165) is 22.5 Å². The molecule has 1 aromatic heterocycles. The fourth-order valence-electron chi connectivity index (χ4n) is 3.11. The van der Waals surface area contributed by atoms with Gasteiger partial charge in [-0.25, -0.2) is 4.98 Å². The topological polar surface area (TPSA) is 80.3 Å². The maximum atomic E-state index is 12.2. The average Bonchev–Trinajstić information content (AvgIpc) is 3.14. The van der Waals surface area contributed by atoms with Crippen LogP contribution in [0.2, 0.25) is 0 Å². The molecule has 1 aliphatic heterocycles. The van der Waals surface area contributed by atoms with Crippen molar-refractivity contribution in [2.75, 3.05) is 17.2 Å². The van der Waals surface area contributed by atoms with E-state index in [1.165, 1.54) is 22.5 Å². The molecular weight excluding hydrogens is 386 g/mol. The number of aryl methyl sites for hydroxylation is 2. The number of amides is 2. The molecule has 148 valence electrons. The number of aromatic nitrogens is 1. The van der Waals surface area contributed by atoms with Gasteiger partial charge >= 0.3 is 0 Å². The third-order valence-electron chi connectivity index (χ3n) is 4.64. The van der Waals surface area contributed by atoms with Crippen molar-refractivity contribution in [2.45, 2.75) is 26.2 Å². The zero-order valence-corrected chi connectivity index (χ0v) is 16.8. The highest BCUT2D eigenvalue weighted by Gasteiger charge is 2.15. The Labute approximate surface area is 172 Å². The van der Waals surface area contributed by atoms with Gasteiger partial charge in [-0.15, -0.1) is 11.3 Å². The number of carbonyl (C=O) groups is 2. The molecular formula is C22H21N3O3S. The average molecular weight is 407 g/mol. The van der Waals surface area contributed by atoms with Gasteiger partial charge in [-0.3, -0.25) is 14.9 Å². The van der Waals surface area contributed by atoms with Gasteiger partial charge in [0.15, 0.2) is 11.7 Å². The Kier molecular flexibility index (Phi) is 5.57. The zero-order valence-electron chi connectivity index (χ0n) is 16.0. The van der Waals surface area contributed by atoms with Crippen LogP contribution in [0.4, 0.5) is 10.8 Å². The van der Waals surface area contributed by atoms with Gasteiger partial charge in [0.05, 0.1) is 0 Å². The minimum Gasteiger partial charge on any atom is -0.484 e. The highest BCUT2D eigenvalue weighted by Crippen LogP contribution is 2.27. The van der Waals surface area contributed by atoms with Crippen LogP contribution in [0.15, 0.2) is 48.7 Å². The Hall–Kier alpha value is -3.19. The maximum Gasteiger partial charge on any atom is 0.264 e. The number of carbonyl (C=O) groups excluding carboxylic acids is 2. The first-order valence-electron chi connectivity index (χ1n) is 9.41. The van der Waals surface area contributed by atoms with Crippen molar-refractivity contribution in [1.29, 1.82) is 0 Å². The first-order chi connectivity index (χ1) is 14.0. The van der Waals surface area contributed by atoms with Crippen LogP contribution in [0.3, 0.4) is 0 Å². The molecule has 2 amide bonds. The van der Waals surface area contributed by atoms with E-state index in [0.29, 0.717) is 23.7 Å². The van der Waals surface area contributed by atoms with Crippen LogP contribution in [-0.4, -0.2) is 23.4 Å². The van der Waals surface area contributed by atoms with Crippen LogP contribution in [0.5, 0.6) is 5.75 Å². The number of fused-ring (bicyclic) bond motifs is 1. The third kappa shape index (κ3) is 5.00. The Balaban J connectivity index is 1.29. The lowest BCUT2D eigenvalue weighted by Crippen LogP contribution is -2.21. The number of thiazole rings is 1. The fourth-order valence-corrected chi connectivity index (χ4v) is 3.97. The summed E-state index contributed by atoms with van der Waals surface area (Å²) >= 11 is 1.46. The number of benzene rings is 2. The Morgan fingerprint density at radius 2 is 2.03 bits per heavy atom. The molecule has 0 aliphatic carbocycles. The van der Waals surface area contributed by atoms with Crippen molar-refractivity contribution in [1.82, 2.24) is 4.98 Å². The Morgan fingerprint density at radius 3 is 2.86 bits per heavy atom. The summed E-state index contributed by atoms with van der Waals surface area (Å²) in [5.41, 5.74) is 4.27. The van der Waals surface area contributed by atoms with Crippen LogP contribution in [0.1, 0.15) is 28.0 Å². The molecule has 0 saturated carbocycles. The van der Waals surface area contributed by atoms with Crippen molar-refractivity contribution in [3.8, 4) is 5.75 Å². The maximum absolute atomic E-state index is 12.2. The lowest BCUT2D eigenvalue weighted by molar-refractivity contribution is -0.118. The molecule has 2 aromatic carbocycles. The number of ether oxygens (including phenoxy) is 1. The summed E-state index contributed by atoms with van der Waals surface area (Å²) in [6, 6.07) is 13.8. The molecule has 0 fully saturated rings. The van der Waals surface area contributed by atoms with Crippen molar-refractivity contribution < 1.29 is 14.3 Å². The van der Waals surface area contributed by atoms with Crippen LogP contribution in [0.25, 0.3) is 0 Å². The second-order valence-electron chi connectivity index (χ2n) is 7.00. The molecule has 29 heavy (non-hydrogen) atoms. The summed E-state index contributed by atoms with van der Waals surface area (Å²) < 4.78 is 5.60. The van der Waals surface area contributed by atoms with Gasteiger partial charge < -0.3 is 10.1 Å². The highest BCUT2D eigenvalue weighted by atomic mass is 32.1. The summed E-state index contributed by atoms with van der Waals surface area (Å²) in [5, 5.41) is 6.17. The minimum absolute atomic E-state index is 0.0238. The van der Waals surface area contributed by atoms with E-state index in [-0.39, 0.29) is 18.4 Å². The first kappa shape index (κ1) is 19.1. The quantitative estimate of drug-likeness (QED) is 0.649. The van der Waals surface area contributed by atoms with E-state index in [4.69, 9.17) is 4.74 Å². The van der Waals surface area contributed by atoms with Crippen LogP contribution < -0.4 is 15.4 Å². The van der Waals surface area contributed by atoms with Crippen molar-refractivity contribution >= 4 is 34.0 Å². The second-order valence-corrected chi connectivity index (χ2v) is 8.11. The lowest BCUT2D eigenvalue weighted by atomic mass is 10.0. The summed E-state index contributed by atoms with van der Waals surface area (Å²) in [4.78, 5) is 29.0. The number of nitrogens with zero attached hydrogens (tertiary/aromatic N) is 1. The number of hydrogen-bond donors (Lipinski definition) is 2. The largest absolute Gasteiger partial charge is 0.484 e. The summed E-state index contributed by atoms with van der Waals surface area (Å²) in [6.07, 6.45) is 3.72. The molecule has 0 bridgehead atoms. The van der Waals surface area contributed by atoms with Gasteiger partial charge in [0.1, 0.15) is 5.75 Å². The normalized spacial score (nSPS) is 12.8. The molecule has 0 saturated heterocycles. The van der Waals surface area contributed by atoms with Gasteiger partial charge in [-0.2, -0.15) is 0 Å². The first-order valence-corrected chi connectivity index (χ1v) is 10.2. The molecule has 7 heteroatoms.